The van der Waals surface area contributed by atoms with E-state index in [1.54, 1.807) is 25.3 Å². The minimum atomic E-state index is 0.430. The predicted octanol–water partition coefficient (Wildman–Crippen LogP) is 1.94. The quantitative estimate of drug-likeness (QED) is 0.833. The molecule has 2 aromatic rings. The first-order valence-corrected chi connectivity index (χ1v) is 7.74. The lowest BCUT2D eigenvalue weighted by Gasteiger charge is -2.30. The minimum absolute atomic E-state index is 0.430. The van der Waals surface area contributed by atoms with Crippen molar-refractivity contribution in [2.24, 2.45) is 5.92 Å². The highest BCUT2D eigenvalue weighted by Gasteiger charge is 2.21. The molecule has 0 saturated carbocycles. The topological polar surface area (TPSA) is 88.1 Å². The average Bonchev–Trinajstić information content (AvgIpc) is 2.99. The van der Waals surface area contributed by atoms with Crippen LogP contribution in [-0.4, -0.2) is 39.7 Å². The van der Waals surface area contributed by atoms with Gasteiger partial charge >= 0.3 is 0 Å². The molecule has 120 valence electrons. The van der Waals surface area contributed by atoms with Crippen molar-refractivity contribution in [1.29, 1.82) is 5.26 Å². The zero-order valence-corrected chi connectivity index (χ0v) is 13.1. The Morgan fingerprint density at radius 2 is 2.26 bits per heavy atom. The number of ether oxygens (including phenoxy) is 1. The van der Waals surface area contributed by atoms with Crippen LogP contribution in [0, 0.1) is 24.2 Å². The van der Waals surface area contributed by atoms with Crippen molar-refractivity contribution in [3.63, 3.8) is 0 Å². The Bertz CT molecular complexity index is 686. The van der Waals surface area contributed by atoms with Gasteiger partial charge in [-0.1, -0.05) is 5.16 Å². The van der Waals surface area contributed by atoms with Crippen LogP contribution in [0.1, 0.15) is 30.1 Å². The van der Waals surface area contributed by atoms with Crippen molar-refractivity contribution in [1.82, 2.24) is 20.0 Å². The summed E-state index contributed by atoms with van der Waals surface area (Å²) in [5.41, 5.74) is 0.484. The summed E-state index contributed by atoms with van der Waals surface area (Å²) in [6.45, 7) is 5.08. The third-order valence-electron chi connectivity index (χ3n) is 3.99. The Morgan fingerprint density at radius 1 is 1.43 bits per heavy atom. The summed E-state index contributed by atoms with van der Waals surface area (Å²) in [7, 11) is 0. The fourth-order valence-electron chi connectivity index (χ4n) is 2.70. The standard InChI is InChI=1S/C16H19N5O2/c1-12-19-15(20-23-12)10-21-7-4-13(5-8-21)11-22-16-14(9-17)3-2-6-18-16/h2-3,6,13H,4-5,7-8,10-11H2,1H3. The van der Waals surface area contributed by atoms with Gasteiger partial charge in [-0.15, -0.1) is 0 Å². The van der Waals surface area contributed by atoms with Crippen LogP contribution in [-0.2, 0) is 6.54 Å². The third kappa shape index (κ3) is 4.05. The average molecular weight is 313 g/mol. The molecular formula is C16H19N5O2. The minimum Gasteiger partial charge on any atom is -0.476 e. The molecular weight excluding hydrogens is 294 g/mol. The maximum atomic E-state index is 9.04. The second kappa shape index (κ2) is 7.20. The highest BCUT2D eigenvalue weighted by atomic mass is 16.5. The van der Waals surface area contributed by atoms with E-state index in [1.807, 2.05) is 0 Å². The van der Waals surface area contributed by atoms with Crippen molar-refractivity contribution >= 4 is 0 Å². The van der Waals surface area contributed by atoms with Crippen LogP contribution in [0.25, 0.3) is 0 Å². The van der Waals surface area contributed by atoms with Gasteiger partial charge in [0.05, 0.1) is 13.2 Å². The Balaban J connectivity index is 1.45. The molecule has 0 amide bonds. The molecule has 1 aliphatic rings. The van der Waals surface area contributed by atoms with Gasteiger partial charge in [0.25, 0.3) is 0 Å². The van der Waals surface area contributed by atoms with E-state index in [2.05, 4.69) is 26.1 Å². The molecule has 3 heterocycles. The van der Waals surface area contributed by atoms with Crippen molar-refractivity contribution in [2.75, 3.05) is 19.7 Å². The van der Waals surface area contributed by atoms with E-state index in [4.69, 9.17) is 14.5 Å². The largest absolute Gasteiger partial charge is 0.476 e. The van der Waals surface area contributed by atoms with E-state index < -0.39 is 0 Å². The van der Waals surface area contributed by atoms with Crippen molar-refractivity contribution < 1.29 is 9.26 Å². The van der Waals surface area contributed by atoms with Gasteiger partial charge in [0.1, 0.15) is 11.6 Å². The Morgan fingerprint density at radius 3 is 2.96 bits per heavy atom. The molecule has 0 aliphatic carbocycles. The molecule has 0 atom stereocenters. The lowest BCUT2D eigenvalue weighted by atomic mass is 9.98. The Hall–Kier alpha value is -2.46. The molecule has 0 unspecified atom stereocenters. The van der Waals surface area contributed by atoms with Crippen LogP contribution in [0.5, 0.6) is 5.88 Å². The molecule has 0 bridgehead atoms. The van der Waals surface area contributed by atoms with E-state index in [0.717, 1.165) is 38.3 Å². The Labute approximate surface area is 134 Å². The molecule has 3 rings (SSSR count). The molecule has 0 aromatic carbocycles. The summed E-state index contributed by atoms with van der Waals surface area (Å²) >= 11 is 0. The van der Waals surface area contributed by atoms with Crippen LogP contribution in [0.15, 0.2) is 22.9 Å². The van der Waals surface area contributed by atoms with Gasteiger partial charge in [-0.2, -0.15) is 10.2 Å². The first-order valence-electron chi connectivity index (χ1n) is 7.74. The summed E-state index contributed by atoms with van der Waals surface area (Å²) in [6, 6.07) is 5.56. The van der Waals surface area contributed by atoms with Crippen molar-refractivity contribution in [2.45, 2.75) is 26.3 Å². The van der Waals surface area contributed by atoms with Crippen molar-refractivity contribution in [3.05, 3.63) is 35.6 Å². The van der Waals surface area contributed by atoms with Gasteiger partial charge in [-0.25, -0.2) is 4.98 Å². The third-order valence-corrected chi connectivity index (χ3v) is 3.99. The zero-order chi connectivity index (χ0) is 16.1. The normalized spacial score (nSPS) is 16.2. The maximum Gasteiger partial charge on any atom is 0.231 e. The fraction of sp³-hybridized carbons (Fsp3) is 0.500. The SMILES string of the molecule is Cc1nc(CN2CCC(COc3ncccc3C#N)CC2)no1. The van der Waals surface area contributed by atoms with Crippen LogP contribution in [0.3, 0.4) is 0 Å². The second-order valence-corrected chi connectivity index (χ2v) is 5.73. The van der Waals surface area contributed by atoms with E-state index in [-0.39, 0.29) is 0 Å². The smallest absolute Gasteiger partial charge is 0.231 e. The molecule has 7 nitrogen and oxygen atoms in total. The number of nitriles is 1. The van der Waals surface area contributed by atoms with E-state index in [0.29, 0.717) is 29.9 Å². The van der Waals surface area contributed by atoms with Gasteiger partial charge < -0.3 is 9.26 Å². The predicted molar refractivity (Wildman–Crippen MR) is 81.5 cm³/mol. The van der Waals surface area contributed by atoms with Gasteiger partial charge in [0.2, 0.25) is 11.8 Å². The van der Waals surface area contributed by atoms with Crippen LogP contribution < -0.4 is 4.74 Å². The van der Waals surface area contributed by atoms with Gasteiger partial charge in [0, 0.05) is 13.1 Å². The van der Waals surface area contributed by atoms with Crippen LogP contribution in [0.2, 0.25) is 0 Å². The molecule has 0 spiro atoms. The molecule has 1 saturated heterocycles. The number of hydrogen-bond donors (Lipinski definition) is 0. The van der Waals surface area contributed by atoms with Crippen LogP contribution >= 0.6 is 0 Å². The fourth-order valence-corrected chi connectivity index (χ4v) is 2.70. The summed E-state index contributed by atoms with van der Waals surface area (Å²) in [6.07, 6.45) is 3.74. The number of aromatic nitrogens is 3. The maximum absolute atomic E-state index is 9.04. The molecule has 2 aromatic heterocycles. The van der Waals surface area contributed by atoms with Crippen LogP contribution in [0.4, 0.5) is 0 Å². The number of rotatable bonds is 5. The number of pyridine rings is 1. The molecule has 7 heteroatoms. The number of nitrogens with zero attached hydrogens (tertiary/aromatic N) is 5. The molecule has 0 radical (unpaired) electrons. The van der Waals surface area contributed by atoms with Gasteiger partial charge in [-0.05, 0) is 44.0 Å². The van der Waals surface area contributed by atoms with E-state index >= 15 is 0 Å². The molecule has 23 heavy (non-hydrogen) atoms. The molecule has 1 aliphatic heterocycles. The van der Waals surface area contributed by atoms with Gasteiger partial charge in [0.15, 0.2) is 5.82 Å². The highest BCUT2D eigenvalue weighted by Crippen LogP contribution is 2.21. The summed E-state index contributed by atoms with van der Waals surface area (Å²) in [4.78, 5) is 10.7. The van der Waals surface area contributed by atoms with E-state index in [9.17, 15) is 0 Å². The van der Waals surface area contributed by atoms with E-state index in [1.165, 1.54) is 0 Å². The zero-order valence-electron chi connectivity index (χ0n) is 13.1. The number of piperidine rings is 1. The molecule has 1 fully saturated rings. The second-order valence-electron chi connectivity index (χ2n) is 5.73. The highest BCUT2D eigenvalue weighted by molar-refractivity contribution is 5.36. The monoisotopic (exact) mass is 313 g/mol. The number of likely N-dealkylation sites (tertiary alicyclic amines) is 1. The summed E-state index contributed by atoms with van der Waals surface area (Å²) in [5, 5.41) is 13.0. The van der Waals surface area contributed by atoms with Crippen molar-refractivity contribution in [3.8, 4) is 11.9 Å². The lowest BCUT2D eigenvalue weighted by molar-refractivity contribution is 0.131. The first kappa shape index (κ1) is 15.4. The number of hydrogen-bond acceptors (Lipinski definition) is 7. The Kier molecular flexibility index (Phi) is 4.83. The first-order chi connectivity index (χ1) is 11.2. The summed E-state index contributed by atoms with van der Waals surface area (Å²) < 4.78 is 10.7. The summed E-state index contributed by atoms with van der Waals surface area (Å²) in [5.74, 6) is 2.25. The van der Waals surface area contributed by atoms with Gasteiger partial charge in [-0.3, -0.25) is 4.90 Å². The lowest BCUT2D eigenvalue weighted by Crippen LogP contribution is -2.35. The molecule has 0 N–H and O–H groups in total. The number of aryl methyl sites for hydroxylation is 1.